The molecule has 0 bridgehead atoms. The molecular formula is C18H12N6O3S. The highest BCUT2D eigenvalue weighted by Gasteiger charge is 2.16. The van der Waals surface area contributed by atoms with Gasteiger partial charge in [-0.05, 0) is 24.3 Å². The fourth-order valence-electron chi connectivity index (χ4n) is 2.43. The van der Waals surface area contributed by atoms with Crippen LogP contribution < -0.4 is 5.32 Å². The molecule has 4 aromatic rings. The van der Waals surface area contributed by atoms with Gasteiger partial charge in [-0.3, -0.25) is 4.79 Å². The van der Waals surface area contributed by atoms with Gasteiger partial charge in [0.1, 0.15) is 4.88 Å². The summed E-state index contributed by atoms with van der Waals surface area (Å²) >= 11 is 1.17. The van der Waals surface area contributed by atoms with Gasteiger partial charge in [0.25, 0.3) is 5.91 Å². The molecule has 0 saturated heterocycles. The first-order valence-corrected chi connectivity index (χ1v) is 8.86. The summed E-state index contributed by atoms with van der Waals surface area (Å²) in [7, 11) is 0. The van der Waals surface area contributed by atoms with Crippen molar-refractivity contribution in [3.63, 3.8) is 0 Å². The Balaban J connectivity index is 1.59. The number of benzene rings is 1. The third-order valence-corrected chi connectivity index (χ3v) is 4.69. The fourth-order valence-corrected chi connectivity index (χ4v) is 3.19. The molecule has 3 heterocycles. The first-order chi connectivity index (χ1) is 13.6. The van der Waals surface area contributed by atoms with Crippen molar-refractivity contribution < 1.29 is 14.7 Å². The third-order valence-electron chi connectivity index (χ3n) is 3.69. The van der Waals surface area contributed by atoms with E-state index < -0.39 is 5.97 Å². The number of hydrogen-bond donors (Lipinski definition) is 2. The van der Waals surface area contributed by atoms with Gasteiger partial charge in [-0.2, -0.15) is 5.10 Å². The van der Waals surface area contributed by atoms with E-state index in [1.165, 1.54) is 34.5 Å². The van der Waals surface area contributed by atoms with E-state index in [4.69, 9.17) is 5.11 Å². The SMILES string of the molecule is O=C(O)c1ccn(-c2ccccc2NC(=O)c2cnc(-c3ncccn3)s2)n1. The smallest absolute Gasteiger partial charge is 0.356 e. The van der Waals surface area contributed by atoms with Gasteiger partial charge in [0.05, 0.1) is 17.6 Å². The molecule has 0 fully saturated rings. The fraction of sp³-hybridized carbons (Fsp3) is 0. The average molecular weight is 392 g/mol. The molecule has 0 aliphatic rings. The van der Waals surface area contributed by atoms with Crippen LogP contribution in [-0.4, -0.2) is 41.7 Å². The monoisotopic (exact) mass is 392 g/mol. The van der Waals surface area contributed by atoms with Crippen LogP contribution in [0.3, 0.4) is 0 Å². The van der Waals surface area contributed by atoms with E-state index in [1.54, 1.807) is 42.7 Å². The first kappa shape index (κ1) is 17.5. The second-order valence-electron chi connectivity index (χ2n) is 5.52. The molecule has 0 saturated carbocycles. The van der Waals surface area contributed by atoms with Gasteiger partial charge in [0, 0.05) is 18.6 Å². The highest BCUT2D eigenvalue weighted by Crippen LogP contribution is 2.24. The lowest BCUT2D eigenvalue weighted by atomic mass is 10.2. The summed E-state index contributed by atoms with van der Waals surface area (Å²) in [6, 6.07) is 10.0. The maximum absolute atomic E-state index is 12.7. The van der Waals surface area contributed by atoms with E-state index in [9.17, 15) is 9.59 Å². The zero-order valence-electron chi connectivity index (χ0n) is 14.2. The zero-order chi connectivity index (χ0) is 19.5. The van der Waals surface area contributed by atoms with Crippen LogP contribution in [0.5, 0.6) is 0 Å². The van der Waals surface area contributed by atoms with Crippen molar-refractivity contribution in [3.05, 3.63) is 71.8 Å². The molecule has 4 rings (SSSR count). The lowest BCUT2D eigenvalue weighted by molar-refractivity contribution is 0.0689. The van der Waals surface area contributed by atoms with Gasteiger partial charge >= 0.3 is 5.97 Å². The second-order valence-corrected chi connectivity index (χ2v) is 6.55. The molecule has 0 aliphatic heterocycles. The van der Waals surface area contributed by atoms with E-state index in [-0.39, 0.29) is 11.6 Å². The van der Waals surface area contributed by atoms with Crippen molar-refractivity contribution in [2.24, 2.45) is 0 Å². The Morgan fingerprint density at radius 3 is 2.57 bits per heavy atom. The van der Waals surface area contributed by atoms with E-state index >= 15 is 0 Å². The Bertz CT molecular complexity index is 1150. The topological polar surface area (TPSA) is 123 Å². The summed E-state index contributed by atoms with van der Waals surface area (Å²) in [5.74, 6) is -1.02. The quantitative estimate of drug-likeness (QED) is 0.535. The van der Waals surface area contributed by atoms with Crippen LogP contribution >= 0.6 is 11.3 Å². The van der Waals surface area contributed by atoms with Crippen LogP contribution in [0.15, 0.2) is 61.2 Å². The number of amides is 1. The first-order valence-electron chi connectivity index (χ1n) is 8.05. The zero-order valence-corrected chi connectivity index (χ0v) is 15.0. The van der Waals surface area contributed by atoms with E-state index in [0.717, 1.165) is 0 Å². The summed E-state index contributed by atoms with van der Waals surface area (Å²) in [6.07, 6.45) is 6.20. The largest absolute Gasteiger partial charge is 0.476 e. The van der Waals surface area contributed by atoms with Crippen LogP contribution in [-0.2, 0) is 0 Å². The maximum Gasteiger partial charge on any atom is 0.356 e. The van der Waals surface area contributed by atoms with Gasteiger partial charge in [0.2, 0.25) is 0 Å². The van der Waals surface area contributed by atoms with E-state index in [2.05, 4.69) is 25.4 Å². The number of thiazole rings is 1. The molecule has 1 aromatic carbocycles. The summed E-state index contributed by atoms with van der Waals surface area (Å²) in [6.45, 7) is 0. The molecule has 1 amide bonds. The van der Waals surface area contributed by atoms with E-state index in [1.807, 2.05) is 0 Å². The van der Waals surface area contributed by atoms with Crippen molar-refractivity contribution in [3.8, 4) is 16.5 Å². The number of anilines is 1. The Labute approximate surface area is 162 Å². The summed E-state index contributed by atoms with van der Waals surface area (Å²) in [5.41, 5.74) is 0.939. The number of nitrogens with one attached hydrogen (secondary N) is 1. The molecule has 138 valence electrons. The van der Waals surface area contributed by atoms with Gasteiger partial charge in [-0.25, -0.2) is 24.4 Å². The van der Waals surface area contributed by atoms with Crippen molar-refractivity contribution >= 4 is 28.9 Å². The number of aromatic carboxylic acids is 1. The summed E-state index contributed by atoms with van der Waals surface area (Å²) in [5, 5.41) is 16.4. The molecular weight excluding hydrogens is 380 g/mol. The number of rotatable bonds is 5. The third kappa shape index (κ3) is 3.48. The van der Waals surface area contributed by atoms with Crippen molar-refractivity contribution in [1.29, 1.82) is 0 Å². The summed E-state index contributed by atoms with van der Waals surface area (Å²) in [4.78, 5) is 36.5. The molecule has 9 nitrogen and oxygen atoms in total. The molecule has 10 heteroatoms. The molecule has 28 heavy (non-hydrogen) atoms. The molecule has 0 spiro atoms. The van der Waals surface area contributed by atoms with Crippen LogP contribution in [0.1, 0.15) is 20.2 Å². The van der Waals surface area contributed by atoms with Crippen LogP contribution in [0, 0.1) is 0 Å². The number of para-hydroxylation sites is 2. The van der Waals surface area contributed by atoms with Crippen molar-refractivity contribution in [2.75, 3.05) is 5.32 Å². The van der Waals surface area contributed by atoms with Crippen molar-refractivity contribution in [1.82, 2.24) is 24.7 Å². The molecule has 0 atom stereocenters. The van der Waals surface area contributed by atoms with Crippen molar-refractivity contribution in [2.45, 2.75) is 0 Å². The van der Waals surface area contributed by atoms with Crippen LogP contribution in [0.25, 0.3) is 16.5 Å². The predicted octanol–water partition coefficient (Wildman–Crippen LogP) is 2.74. The average Bonchev–Trinajstić information content (AvgIpc) is 3.39. The molecule has 0 aliphatic carbocycles. The number of hydrogen-bond acceptors (Lipinski definition) is 7. The number of carboxylic acid groups (broad SMARTS) is 1. The molecule has 0 radical (unpaired) electrons. The lowest BCUT2D eigenvalue weighted by Gasteiger charge is -2.10. The number of aromatic nitrogens is 5. The Morgan fingerprint density at radius 1 is 1.04 bits per heavy atom. The highest BCUT2D eigenvalue weighted by atomic mass is 32.1. The van der Waals surface area contributed by atoms with Gasteiger partial charge in [-0.1, -0.05) is 12.1 Å². The van der Waals surface area contributed by atoms with Gasteiger partial charge in [-0.15, -0.1) is 11.3 Å². The Kier molecular flexibility index (Phi) is 4.60. The maximum atomic E-state index is 12.7. The number of carbonyl (C=O) groups excluding carboxylic acids is 1. The van der Waals surface area contributed by atoms with E-state index in [0.29, 0.717) is 27.1 Å². The minimum Gasteiger partial charge on any atom is -0.476 e. The molecule has 0 unspecified atom stereocenters. The number of nitrogens with zero attached hydrogens (tertiary/aromatic N) is 5. The lowest BCUT2D eigenvalue weighted by Crippen LogP contribution is -2.13. The summed E-state index contributed by atoms with van der Waals surface area (Å²) < 4.78 is 1.40. The predicted molar refractivity (Wildman–Crippen MR) is 102 cm³/mol. The van der Waals surface area contributed by atoms with Gasteiger partial charge < -0.3 is 10.4 Å². The normalized spacial score (nSPS) is 10.6. The highest BCUT2D eigenvalue weighted by molar-refractivity contribution is 7.16. The van der Waals surface area contributed by atoms with Crippen LogP contribution in [0.2, 0.25) is 0 Å². The minimum absolute atomic E-state index is 0.0870. The molecule has 2 N–H and O–H groups in total. The van der Waals surface area contributed by atoms with Crippen LogP contribution in [0.4, 0.5) is 5.69 Å². The Morgan fingerprint density at radius 2 is 1.82 bits per heavy atom. The Hall–Kier alpha value is -3.92. The van der Waals surface area contributed by atoms with Gasteiger partial charge in [0.15, 0.2) is 16.5 Å². The standard InChI is InChI=1S/C18H12N6O3S/c25-16(14-10-21-17(28-14)15-19-7-3-8-20-15)22-11-4-1-2-5-13(11)24-9-6-12(23-24)18(26)27/h1-10H,(H,22,25)(H,26,27). The number of carboxylic acids is 1. The number of carbonyl (C=O) groups is 2. The second kappa shape index (κ2) is 7.37. The molecule has 3 aromatic heterocycles. The minimum atomic E-state index is -1.12.